The number of benzene rings is 1. The van der Waals surface area contributed by atoms with Crippen LogP contribution in [0.1, 0.15) is 38.1 Å². The van der Waals surface area contributed by atoms with E-state index in [1.807, 2.05) is 57.2 Å². The molecule has 0 saturated carbocycles. The zero-order valence-electron chi connectivity index (χ0n) is 13.1. The molecule has 1 amide bonds. The zero-order chi connectivity index (χ0) is 15.7. The van der Waals surface area contributed by atoms with Crippen LogP contribution < -0.4 is 4.90 Å². The summed E-state index contributed by atoms with van der Waals surface area (Å²) in [6, 6.07) is 13.6. The van der Waals surface area contributed by atoms with Crippen molar-refractivity contribution < 1.29 is 9.53 Å². The maximum absolute atomic E-state index is 12.7. The van der Waals surface area contributed by atoms with Gasteiger partial charge in [-0.25, -0.2) is 4.79 Å². The van der Waals surface area contributed by atoms with Crippen LogP contribution in [0.15, 0.2) is 48.7 Å². The Morgan fingerprint density at radius 1 is 1.18 bits per heavy atom. The molecule has 3 rings (SSSR count). The molecule has 1 aliphatic rings. The molecule has 0 fully saturated rings. The van der Waals surface area contributed by atoms with E-state index in [1.54, 1.807) is 11.1 Å². The standard InChI is InChI=1S/C18H20N2O2/c1-18(2,3)22-17(21)20-15-10-5-4-8-13(15)12-16(20)14-9-6-7-11-19-14/h4-11,16H,12H2,1-3H3. The van der Waals surface area contributed by atoms with Crippen molar-refractivity contribution in [2.75, 3.05) is 4.90 Å². The van der Waals surface area contributed by atoms with E-state index in [0.29, 0.717) is 0 Å². The van der Waals surface area contributed by atoms with E-state index in [2.05, 4.69) is 11.1 Å². The Morgan fingerprint density at radius 2 is 1.91 bits per heavy atom. The van der Waals surface area contributed by atoms with Crippen LogP contribution in [0.2, 0.25) is 0 Å². The number of ether oxygens (including phenoxy) is 1. The van der Waals surface area contributed by atoms with Crippen LogP contribution in [0, 0.1) is 0 Å². The lowest BCUT2D eigenvalue weighted by Gasteiger charge is -2.28. The van der Waals surface area contributed by atoms with Gasteiger partial charge in [0.2, 0.25) is 0 Å². The summed E-state index contributed by atoms with van der Waals surface area (Å²) in [4.78, 5) is 18.8. The lowest BCUT2D eigenvalue weighted by atomic mass is 10.1. The van der Waals surface area contributed by atoms with Crippen molar-refractivity contribution in [1.82, 2.24) is 4.98 Å². The zero-order valence-corrected chi connectivity index (χ0v) is 13.1. The molecule has 2 heterocycles. The largest absolute Gasteiger partial charge is 0.443 e. The van der Waals surface area contributed by atoms with Crippen LogP contribution in [-0.2, 0) is 11.2 Å². The summed E-state index contributed by atoms with van der Waals surface area (Å²) in [5, 5.41) is 0. The minimum absolute atomic E-state index is 0.117. The van der Waals surface area contributed by atoms with Crippen LogP contribution in [0.3, 0.4) is 0 Å². The Morgan fingerprint density at radius 3 is 2.59 bits per heavy atom. The van der Waals surface area contributed by atoms with Gasteiger partial charge in [-0.05, 0) is 44.5 Å². The molecule has 1 aromatic heterocycles. The fourth-order valence-electron chi connectivity index (χ4n) is 2.73. The molecule has 1 aliphatic heterocycles. The Labute approximate surface area is 130 Å². The van der Waals surface area contributed by atoms with E-state index < -0.39 is 5.60 Å². The quantitative estimate of drug-likeness (QED) is 0.795. The molecule has 22 heavy (non-hydrogen) atoms. The molecule has 1 atom stereocenters. The molecule has 0 radical (unpaired) electrons. The highest BCUT2D eigenvalue weighted by Gasteiger charge is 2.37. The molecule has 1 aromatic carbocycles. The van der Waals surface area contributed by atoms with Crippen LogP contribution in [-0.4, -0.2) is 16.7 Å². The lowest BCUT2D eigenvalue weighted by Crippen LogP contribution is -2.37. The maximum atomic E-state index is 12.7. The Hall–Kier alpha value is -2.36. The average Bonchev–Trinajstić information content (AvgIpc) is 2.86. The van der Waals surface area contributed by atoms with Crippen molar-refractivity contribution >= 4 is 11.8 Å². The monoisotopic (exact) mass is 296 g/mol. The van der Waals surface area contributed by atoms with E-state index in [9.17, 15) is 4.79 Å². The van der Waals surface area contributed by atoms with E-state index >= 15 is 0 Å². The summed E-state index contributed by atoms with van der Waals surface area (Å²) >= 11 is 0. The second-order valence-electron chi connectivity index (χ2n) is 6.45. The predicted molar refractivity (Wildman–Crippen MR) is 85.8 cm³/mol. The van der Waals surface area contributed by atoms with Crippen LogP contribution >= 0.6 is 0 Å². The van der Waals surface area contributed by atoms with Gasteiger partial charge in [0.05, 0.1) is 17.4 Å². The highest BCUT2D eigenvalue weighted by Crippen LogP contribution is 2.40. The SMILES string of the molecule is CC(C)(C)OC(=O)N1c2ccccc2CC1c1ccccn1. The van der Waals surface area contributed by atoms with Gasteiger partial charge in [0.15, 0.2) is 0 Å². The number of pyridine rings is 1. The molecule has 0 bridgehead atoms. The van der Waals surface area contributed by atoms with Gasteiger partial charge in [-0.15, -0.1) is 0 Å². The summed E-state index contributed by atoms with van der Waals surface area (Å²) in [5.41, 5.74) is 2.41. The van der Waals surface area contributed by atoms with Gasteiger partial charge < -0.3 is 4.74 Å². The molecule has 0 saturated heterocycles. The number of amides is 1. The first-order valence-electron chi connectivity index (χ1n) is 7.47. The van der Waals surface area contributed by atoms with Crippen molar-refractivity contribution in [1.29, 1.82) is 0 Å². The third-order valence-corrected chi connectivity index (χ3v) is 3.60. The molecule has 0 aliphatic carbocycles. The summed E-state index contributed by atoms with van der Waals surface area (Å²) in [6.45, 7) is 5.63. The van der Waals surface area contributed by atoms with E-state index in [1.165, 1.54) is 0 Å². The molecule has 114 valence electrons. The number of nitrogens with zero attached hydrogens (tertiary/aromatic N) is 2. The number of hydrogen-bond donors (Lipinski definition) is 0. The van der Waals surface area contributed by atoms with Crippen molar-refractivity contribution in [2.24, 2.45) is 0 Å². The number of hydrogen-bond acceptors (Lipinski definition) is 3. The molecule has 0 N–H and O–H groups in total. The van der Waals surface area contributed by atoms with Crippen molar-refractivity contribution in [3.63, 3.8) is 0 Å². The fraction of sp³-hybridized carbons (Fsp3) is 0.333. The summed E-state index contributed by atoms with van der Waals surface area (Å²) in [7, 11) is 0. The highest BCUT2D eigenvalue weighted by atomic mass is 16.6. The van der Waals surface area contributed by atoms with Crippen molar-refractivity contribution in [3.05, 3.63) is 59.9 Å². The van der Waals surface area contributed by atoms with Crippen molar-refractivity contribution in [3.8, 4) is 0 Å². The number of para-hydroxylation sites is 1. The van der Waals surface area contributed by atoms with Gasteiger partial charge >= 0.3 is 6.09 Å². The summed E-state index contributed by atoms with van der Waals surface area (Å²) in [5.74, 6) is 0. The summed E-state index contributed by atoms with van der Waals surface area (Å²) < 4.78 is 5.59. The second kappa shape index (κ2) is 5.44. The molecule has 4 heteroatoms. The highest BCUT2D eigenvalue weighted by molar-refractivity contribution is 5.91. The Bertz CT molecular complexity index is 677. The number of aromatic nitrogens is 1. The van der Waals surface area contributed by atoms with E-state index in [0.717, 1.165) is 23.4 Å². The number of carbonyl (C=O) groups is 1. The third-order valence-electron chi connectivity index (χ3n) is 3.60. The van der Waals surface area contributed by atoms with Gasteiger partial charge in [0, 0.05) is 12.6 Å². The Kier molecular flexibility index (Phi) is 3.61. The van der Waals surface area contributed by atoms with Gasteiger partial charge in [-0.1, -0.05) is 24.3 Å². The van der Waals surface area contributed by atoms with Gasteiger partial charge in [-0.3, -0.25) is 9.88 Å². The van der Waals surface area contributed by atoms with Crippen LogP contribution in [0.25, 0.3) is 0 Å². The number of rotatable bonds is 1. The predicted octanol–water partition coefficient (Wildman–Crippen LogP) is 4.12. The van der Waals surface area contributed by atoms with Crippen LogP contribution in [0.4, 0.5) is 10.5 Å². The molecule has 1 unspecified atom stereocenters. The maximum Gasteiger partial charge on any atom is 0.415 e. The van der Waals surface area contributed by atoms with E-state index in [-0.39, 0.29) is 12.1 Å². The third kappa shape index (κ3) is 2.82. The molecular formula is C18H20N2O2. The van der Waals surface area contributed by atoms with Gasteiger partial charge in [0.1, 0.15) is 5.60 Å². The van der Waals surface area contributed by atoms with Crippen LogP contribution in [0.5, 0.6) is 0 Å². The first kappa shape index (κ1) is 14.6. The number of carbonyl (C=O) groups excluding carboxylic acids is 1. The minimum Gasteiger partial charge on any atom is -0.443 e. The normalized spacial score (nSPS) is 17.2. The average molecular weight is 296 g/mol. The molecule has 2 aromatic rings. The topological polar surface area (TPSA) is 42.4 Å². The fourth-order valence-corrected chi connectivity index (χ4v) is 2.73. The smallest absolute Gasteiger partial charge is 0.415 e. The number of fused-ring (bicyclic) bond motifs is 1. The Balaban J connectivity index is 1.99. The van der Waals surface area contributed by atoms with E-state index in [4.69, 9.17) is 4.74 Å². The summed E-state index contributed by atoms with van der Waals surface area (Å²) in [6.07, 6.45) is 2.19. The first-order valence-corrected chi connectivity index (χ1v) is 7.47. The second-order valence-corrected chi connectivity index (χ2v) is 6.45. The van der Waals surface area contributed by atoms with Gasteiger partial charge in [0.25, 0.3) is 0 Å². The molecule has 4 nitrogen and oxygen atoms in total. The minimum atomic E-state index is -0.525. The van der Waals surface area contributed by atoms with Gasteiger partial charge in [-0.2, -0.15) is 0 Å². The van der Waals surface area contributed by atoms with Crippen molar-refractivity contribution in [2.45, 2.75) is 38.8 Å². The molecular weight excluding hydrogens is 276 g/mol. The first-order chi connectivity index (χ1) is 10.5. The molecule has 0 spiro atoms. The number of anilines is 1. The lowest BCUT2D eigenvalue weighted by molar-refractivity contribution is 0.0568.